The quantitative estimate of drug-likeness (QED) is 0.401. The number of rotatable bonds is 6. The molecule has 0 amide bonds. The van der Waals surface area contributed by atoms with Crippen molar-refractivity contribution in [2.75, 3.05) is 13.2 Å². The monoisotopic (exact) mass is 215 g/mol. The highest BCUT2D eigenvalue weighted by molar-refractivity contribution is 5.82. The number of hydrogen-bond donors (Lipinski definition) is 1. The zero-order valence-corrected chi connectivity index (χ0v) is 9.12. The Morgan fingerprint density at radius 3 is 2.53 bits per heavy atom. The molecule has 0 aliphatic carbocycles. The van der Waals surface area contributed by atoms with Crippen LogP contribution in [0.25, 0.3) is 0 Å². The van der Waals surface area contributed by atoms with E-state index in [4.69, 9.17) is 10.5 Å². The summed E-state index contributed by atoms with van der Waals surface area (Å²) in [6.45, 7) is 3.57. The number of carbonyl (C=O) groups is 2. The van der Waals surface area contributed by atoms with E-state index in [1.807, 2.05) is 6.92 Å². The van der Waals surface area contributed by atoms with E-state index in [-0.39, 0.29) is 12.3 Å². The predicted octanol–water partition coefficient (Wildman–Crippen LogP) is 0.735. The number of ether oxygens (including phenoxy) is 2. The zero-order valence-electron chi connectivity index (χ0n) is 9.12. The summed E-state index contributed by atoms with van der Waals surface area (Å²) in [5, 5.41) is 0. The summed E-state index contributed by atoms with van der Waals surface area (Å²) < 4.78 is 9.41. The van der Waals surface area contributed by atoms with Crippen LogP contribution in [-0.2, 0) is 19.1 Å². The molecule has 5 nitrogen and oxygen atoms in total. The maximum atomic E-state index is 11.1. The number of hydrogen-bond acceptors (Lipinski definition) is 5. The van der Waals surface area contributed by atoms with Crippen LogP contribution in [-0.4, -0.2) is 25.2 Å². The molecule has 0 fully saturated rings. The van der Waals surface area contributed by atoms with Gasteiger partial charge in [-0.2, -0.15) is 0 Å². The third-order valence-electron chi connectivity index (χ3n) is 1.49. The van der Waals surface area contributed by atoms with Crippen LogP contribution < -0.4 is 5.73 Å². The van der Waals surface area contributed by atoms with Crippen LogP contribution >= 0.6 is 0 Å². The molecule has 0 aliphatic heterocycles. The lowest BCUT2D eigenvalue weighted by Crippen LogP contribution is -2.13. The summed E-state index contributed by atoms with van der Waals surface area (Å²) in [4.78, 5) is 21.5. The van der Waals surface area contributed by atoms with Crippen LogP contribution in [0.3, 0.4) is 0 Å². The Balaban J connectivity index is 3.79. The minimum absolute atomic E-state index is 0.0851. The van der Waals surface area contributed by atoms with E-state index in [1.54, 1.807) is 0 Å². The molecule has 0 saturated carbocycles. The summed E-state index contributed by atoms with van der Waals surface area (Å²) in [5.74, 6) is -0.946. The van der Waals surface area contributed by atoms with E-state index in [9.17, 15) is 9.59 Å². The Kier molecular flexibility index (Phi) is 7.05. The van der Waals surface area contributed by atoms with Crippen LogP contribution in [0.4, 0.5) is 0 Å². The van der Waals surface area contributed by atoms with E-state index in [0.717, 1.165) is 18.9 Å². The highest BCUT2D eigenvalue weighted by atomic mass is 16.5. The molecule has 15 heavy (non-hydrogen) atoms. The molecule has 5 heteroatoms. The molecular weight excluding hydrogens is 198 g/mol. The van der Waals surface area contributed by atoms with Crippen LogP contribution in [0, 0.1) is 0 Å². The van der Waals surface area contributed by atoms with Crippen molar-refractivity contribution in [2.45, 2.75) is 26.7 Å². The van der Waals surface area contributed by atoms with E-state index < -0.39 is 11.9 Å². The Morgan fingerprint density at radius 1 is 1.33 bits per heavy atom. The normalized spacial score (nSPS) is 10.9. The Bertz CT molecular complexity index is 248. The lowest BCUT2D eigenvalue weighted by atomic mass is 10.3. The van der Waals surface area contributed by atoms with Gasteiger partial charge in [-0.1, -0.05) is 13.3 Å². The lowest BCUT2D eigenvalue weighted by Gasteiger charge is -2.03. The van der Waals surface area contributed by atoms with Gasteiger partial charge in [-0.15, -0.1) is 0 Å². The molecule has 0 heterocycles. The summed E-state index contributed by atoms with van der Waals surface area (Å²) in [7, 11) is 0. The third-order valence-corrected chi connectivity index (χ3v) is 1.49. The minimum Gasteiger partial charge on any atom is -0.462 e. The van der Waals surface area contributed by atoms with Gasteiger partial charge in [0.2, 0.25) is 0 Å². The second-order valence-corrected chi connectivity index (χ2v) is 3.02. The first-order valence-corrected chi connectivity index (χ1v) is 4.82. The van der Waals surface area contributed by atoms with Gasteiger partial charge in [0.05, 0.1) is 12.3 Å². The minimum atomic E-state index is -0.506. The van der Waals surface area contributed by atoms with Crippen molar-refractivity contribution >= 4 is 11.9 Å². The second kappa shape index (κ2) is 7.84. The van der Waals surface area contributed by atoms with Crippen molar-refractivity contribution in [2.24, 2.45) is 5.73 Å². The topological polar surface area (TPSA) is 78.6 Å². The van der Waals surface area contributed by atoms with Gasteiger partial charge in [0.1, 0.15) is 6.61 Å². The highest BCUT2D eigenvalue weighted by Gasteiger charge is 2.01. The standard InChI is InChI=1S/C10H17NO4/c1-3-4-5-14-10(13)6-9(11)7-15-8(2)12/h6H,3-5,7,11H2,1-2H3. The van der Waals surface area contributed by atoms with Crippen molar-refractivity contribution < 1.29 is 19.1 Å². The summed E-state index contributed by atoms with van der Waals surface area (Å²) in [6, 6.07) is 0. The number of esters is 2. The molecule has 0 rings (SSSR count). The number of nitrogens with two attached hydrogens (primary N) is 1. The Hall–Kier alpha value is -1.52. The van der Waals surface area contributed by atoms with Crippen LogP contribution in [0.15, 0.2) is 11.8 Å². The molecule has 0 unspecified atom stereocenters. The fraction of sp³-hybridized carbons (Fsp3) is 0.600. The third kappa shape index (κ3) is 8.80. The molecular formula is C10H17NO4. The first kappa shape index (κ1) is 13.5. The van der Waals surface area contributed by atoms with Crippen molar-refractivity contribution in [3.05, 3.63) is 11.8 Å². The van der Waals surface area contributed by atoms with Crippen molar-refractivity contribution in [3.63, 3.8) is 0 Å². The first-order chi connectivity index (χ1) is 7.06. The molecule has 0 bridgehead atoms. The molecule has 86 valence electrons. The van der Waals surface area contributed by atoms with Gasteiger partial charge in [0.15, 0.2) is 0 Å². The summed E-state index contributed by atoms with van der Waals surface area (Å²) in [5.41, 5.74) is 5.58. The van der Waals surface area contributed by atoms with Crippen molar-refractivity contribution in [3.8, 4) is 0 Å². The van der Waals surface area contributed by atoms with Gasteiger partial charge in [0.25, 0.3) is 0 Å². The number of unbranched alkanes of at least 4 members (excludes halogenated alkanes) is 1. The Labute approximate surface area is 89.2 Å². The van der Waals surface area contributed by atoms with Crippen LogP contribution in [0.2, 0.25) is 0 Å². The van der Waals surface area contributed by atoms with Gasteiger partial charge in [-0.25, -0.2) is 4.79 Å². The molecule has 0 saturated heterocycles. The highest BCUT2D eigenvalue weighted by Crippen LogP contribution is 1.93. The second-order valence-electron chi connectivity index (χ2n) is 3.02. The molecule has 2 N–H and O–H groups in total. The van der Waals surface area contributed by atoms with Crippen molar-refractivity contribution in [1.29, 1.82) is 0 Å². The average Bonchev–Trinajstić information content (AvgIpc) is 2.15. The zero-order chi connectivity index (χ0) is 11.7. The molecule has 0 aliphatic rings. The molecule has 0 spiro atoms. The van der Waals surface area contributed by atoms with Crippen LogP contribution in [0.1, 0.15) is 26.7 Å². The summed E-state index contributed by atoms with van der Waals surface area (Å²) >= 11 is 0. The van der Waals surface area contributed by atoms with Gasteiger partial charge in [0, 0.05) is 13.0 Å². The van der Waals surface area contributed by atoms with Crippen LogP contribution in [0.5, 0.6) is 0 Å². The number of carbonyl (C=O) groups excluding carboxylic acids is 2. The smallest absolute Gasteiger partial charge is 0.332 e. The van der Waals surface area contributed by atoms with Gasteiger partial charge < -0.3 is 15.2 Å². The summed E-state index contributed by atoms with van der Waals surface area (Å²) in [6.07, 6.45) is 2.90. The Morgan fingerprint density at radius 2 is 2.00 bits per heavy atom. The molecule has 0 aromatic carbocycles. The fourth-order valence-electron chi connectivity index (χ4n) is 0.737. The largest absolute Gasteiger partial charge is 0.462 e. The van der Waals surface area contributed by atoms with E-state index in [1.165, 1.54) is 6.92 Å². The maximum absolute atomic E-state index is 11.1. The molecule has 0 atom stereocenters. The van der Waals surface area contributed by atoms with Gasteiger partial charge >= 0.3 is 11.9 Å². The SMILES string of the molecule is CCCCOC(=O)C=C(N)COC(C)=O. The predicted molar refractivity (Wildman–Crippen MR) is 54.8 cm³/mol. The van der Waals surface area contributed by atoms with Gasteiger partial charge in [-0.3, -0.25) is 4.79 Å². The average molecular weight is 215 g/mol. The molecule has 0 radical (unpaired) electrons. The molecule has 0 aromatic rings. The lowest BCUT2D eigenvalue weighted by molar-refractivity contribution is -0.141. The van der Waals surface area contributed by atoms with E-state index in [0.29, 0.717) is 6.61 Å². The maximum Gasteiger partial charge on any atom is 0.332 e. The first-order valence-electron chi connectivity index (χ1n) is 4.82. The van der Waals surface area contributed by atoms with Gasteiger partial charge in [-0.05, 0) is 6.42 Å². The van der Waals surface area contributed by atoms with E-state index >= 15 is 0 Å². The fourth-order valence-corrected chi connectivity index (χ4v) is 0.737. The van der Waals surface area contributed by atoms with Crippen molar-refractivity contribution in [1.82, 2.24) is 0 Å². The van der Waals surface area contributed by atoms with E-state index in [2.05, 4.69) is 4.74 Å². The molecule has 0 aromatic heterocycles.